The second-order valence-corrected chi connectivity index (χ2v) is 17.4. The third-order valence-electron chi connectivity index (χ3n) is 10.6. The molecule has 1 rings (SSSR count). The van der Waals surface area contributed by atoms with Crippen LogP contribution in [0, 0.1) is 0 Å². The van der Waals surface area contributed by atoms with Gasteiger partial charge in [0, 0.05) is 46.1 Å². The first-order valence-electron chi connectivity index (χ1n) is 25.5. The van der Waals surface area contributed by atoms with E-state index in [9.17, 15) is 5.11 Å². The van der Waals surface area contributed by atoms with Crippen LogP contribution < -0.4 is 11.1 Å². The molecule has 0 aliphatic carbocycles. The summed E-state index contributed by atoms with van der Waals surface area (Å²) in [4.78, 5) is 0. The van der Waals surface area contributed by atoms with Crippen LogP contribution in [0.15, 0.2) is 0 Å². The smallest absolute Gasteiger partial charge is 0.104 e. The molecule has 0 saturated carbocycles. The normalized spacial score (nSPS) is 14.9. The summed E-state index contributed by atoms with van der Waals surface area (Å²) < 4.78 is 36.5. The maximum absolute atomic E-state index is 9.97. The van der Waals surface area contributed by atoms with Gasteiger partial charge in [0.25, 0.3) is 0 Å². The van der Waals surface area contributed by atoms with Gasteiger partial charge in [0.15, 0.2) is 0 Å². The largest absolute Gasteiger partial charge is 0.389 e. The molecule has 1 aliphatic heterocycles. The monoisotopic (exact) mass is 863 g/mol. The fourth-order valence-corrected chi connectivity index (χ4v) is 6.66. The first kappa shape index (κ1) is 61.7. The Bertz CT molecular complexity index is 749. The van der Waals surface area contributed by atoms with Gasteiger partial charge in [-0.1, -0.05) is 181 Å². The van der Waals surface area contributed by atoms with Crippen LogP contribution in [-0.2, 0) is 33.2 Å². The van der Waals surface area contributed by atoms with E-state index in [0.29, 0.717) is 58.9 Å². The molecule has 0 bridgehead atoms. The molecule has 10 nitrogen and oxygen atoms in total. The summed E-state index contributed by atoms with van der Waals surface area (Å²) in [6.07, 6.45) is 38.9. The molecule has 0 spiro atoms. The fourth-order valence-electron chi connectivity index (χ4n) is 6.66. The van der Waals surface area contributed by atoms with E-state index in [-0.39, 0.29) is 12.1 Å². The van der Waals surface area contributed by atoms with Crippen molar-refractivity contribution in [2.24, 2.45) is 5.73 Å². The zero-order chi connectivity index (χ0) is 44.3. The summed E-state index contributed by atoms with van der Waals surface area (Å²) in [5.74, 6) is 0. The number of aliphatic hydroxyl groups is 1. The van der Waals surface area contributed by atoms with Crippen LogP contribution in [-0.4, -0.2) is 123 Å². The highest BCUT2D eigenvalue weighted by atomic mass is 16.6. The maximum atomic E-state index is 9.97. The number of aliphatic hydroxyl groups excluding tert-OH is 1. The highest BCUT2D eigenvalue weighted by molar-refractivity contribution is 4.67. The van der Waals surface area contributed by atoms with E-state index in [0.717, 1.165) is 32.8 Å². The quantitative estimate of drug-likeness (QED) is 0.0402. The van der Waals surface area contributed by atoms with Gasteiger partial charge in [0.2, 0.25) is 0 Å². The van der Waals surface area contributed by atoms with Gasteiger partial charge < -0.3 is 49.3 Å². The van der Waals surface area contributed by atoms with Crippen LogP contribution in [0.5, 0.6) is 0 Å². The lowest BCUT2D eigenvalue weighted by molar-refractivity contribution is 0.0289. The zero-order valence-corrected chi connectivity index (χ0v) is 41.0. The number of nitrogens with one attached hydrogen (secondary N) is 1. The molecule has 1 fully saturated rings. The molecule has 4 unspecified atom stereocenters. The zero-order valence-electron chi connectivity index (χ0n) is 41.0. The molecule has 4 N–H and O–H groups in total. The molecule has 60 heavy (non-hydrogen) atoms. The van der Waals surface area contributed by atoms with Gasteiger partial charge in [0.05, 0.1) is 65.6 Å². The minimum absolute atomic E-state index is 0.127. The summed E-state index contributed by atoms with van der Waals surface area (Å²) in [7, 11) is 3.31. The van der Waals surface area contributed by atoms with E-state index in [1.54, 1.807) is 14.2 Å². The highest BCUT2D eigenvalue weighted by Crippen LogP contribution is 2.15. The number of rotatable bonds is 47. The lowest BCUT2D eigenvalue weighted by atomic mass is 10.0. The summed E-state index contributed by atoms with van der Waals surface area (Å²) in [5.41, 5.74) is 5.41. The average Bonchev–Trinajstić information content (AvgIpc) is 4.08. The Morgan fingerprint density at radius 3 is 1.22 bits per heavy atom. The first-order chi connectivity index (χ1) is 29.4. The topological polar surface area (TPSA) is 126 Å². The number of epoxide rings is 1. The van der Waals surface area contributed by atoms with Gasteiger partial charge in [0.1, 0.15) is 6.10 Å². The number of unbranched alkanes of at least 4 members (excludes halogenated alkanes) is 26. The number of methoxy groups -OCH3 is 2. The van der Waals surface area contributed by atoms with Crippen molar-refractivity contribution in [3.05, 3.63) is 0 Å². The van der Waals surface area contributed by atoms with Gasteiger partial charge in [-0.2, -0.15) is 0 Å². The predicted octanol–water partition coefficient (Wildman–Crippen LogP) is 11.4. The van der Waals surface area contributed by atoms with Crippen LogP contribution in [0.2, 0.25) is 0 Å². The Morgan fingerprint density at radius 1 is 0.500 bits per heavy atom. The third kappa shape index (κ3) is 59.7. The lowest BCUT2D eigenvalue weighted by Crippen LogP contribution is -2.38. The van der Waals surface area contributed by atoms with Crippen molar-refractivity contribution >= 4 is 0 Å². The minimum atomic E-state index is -0.460. The van der Waals surface area contributed by atoms with Crippen molar-refractivity contribution in [1.29, 1.82) is 0 Å². The second kappa shape index (κ2) is 54.7. The predicted molar refractivity (Wildman–Crippen MR) is 255 cm³/mol. The van der Waals surface area contributed by atoms with Crippen LogP contribution >= 0.6 is 0 Å². The molecule has 0 aromatic heterocycles. The van der Waals surface area contributed by atoms with Crippen LogP contribution in [0.25, 0.3) is 0 Å². The van der Waals surface area contributed by atoms with Gasteiger partial charge >= 0.3 is 0 Å². The van der Waals surface area contributed by atoms with Gasteiger partial charge in [-0.25, -0.2) is 0 Å². The van der Waals surface area contributed by atoms with E-state index in [2.05, 4.69) is 26.1 Å². The molecule has 364 valence electrons. The van der Waals surface area contributed by atoms with Crippen molar-refractivity contribution in [2.45, 2.75) is 232 Å². The van der Waals surface area contributed by atoms with E-state index >= 15 is 0 Å². The molecule has 1 heterocycles. The molecular weight excluding hydrogens is 757 g/mol. The van der Waals surface area contributed by atoms with Crippen LogP contribution in [0.4, 0.5) is 0 Å². The fraction of sp³-hybridized carbons (Fsp3) is 1.00. The molecule has 0 aromatic carbocycles. The minimum Gasteiger partial charge on any atom is -0.389 e. The van der Waals surface area contributed by atoms with Crippen molar-refractivity contribution in [2.75, 3.05) is 93.4 Å². The molecular formula is C50H106N2O8. The summed E-state index contributed by atoms with van der Waals surface area (Å²) in [6.45, 7) is 16.6. The van der Waals surface area contributed by atoms with Gasteiger partial charge in [-0.3, -0.25) is 0 Å². The number of ether oxygens (including phenoxy) is 7. The van der Waals surface area contributed by atoms with Crippen LogP contribution in [0.3, 0.4) is 0 Å². The molecule has 0 aromatic rings. The van der Waals surface area contributed by atoms with Gasteiger partial charge in [-0.15, -0.1) is 0 Å². The number of hydrogen-bond donors (Lipinski definition) is 3. The first-order valence-corrected chi connectivity index (χ1v) is 25.5. The Kier molecular flexibility index (Phi) is 56.3. The summed E-state index contributed by atoms with van der Waals surface area (Å²) in [5, 5.41) is 13.2. The number of nitrogens with two attached hydrogens (primary N) is 1. The van der Waals surface area contributed by atoms with E-state index < -0.39 is 6.10 Å². The third-order valence-corrected chi connectivity index (χ3v) is 10.6. The van der Waals surface area contributed by atoms with Crippen molar-refractivity contribution in [3.63, 3.8) is 0 Å². The molecule has 10 heteroatoms. The van der Waals surface area contributed by atoms with E-state index in [4.69, 9.17) is 38.9 Å². The average molecular weight is 863 g/mol. The lowest BCUT2D eigenvalue weighted by Gasteiger charge is -2.17. The van der Waals surface area contributed by atoms with E-state index in [1.165, 1.54) is 173 Å². The van der Waals surface area contributed by atoms with Gasteiger partial charge in [-0.05, 0) is 26.7 Å². The Hall–Kier alpha value is -0.400. The highest BCUT2D eigenvalue weighted by Gasteiger charge is 2.21. The summed E-state index contributed by atoms with van der Waals surface area (Å²) in [6, 6.07) is 0.337. The Morgan fingerprint density at radius 2 is 0.850 bits per heavy atom. The van der Waals surface area contributed by atoms with Crippen LogP contribution in [0.1, 0.15) is 207 Å². The Balaban J connectivity index is 0. The standard InChI is InChI=1S/C25H53NO4.C19H38O2.C6H15NO2/c1-4-5-6-7-8-9-10-11-12-13-14-15-16-17-18-29-23-25(27)21-26-24(2)22-30-20-19-28-3;1-2-3-4-5-6-7-8-9-10-11-12-13-14-15-16-20-17-19-18-21-19;1-6(7)5-9-4-3-8-2/h24-27H,4-23H2,1-3H3;19H,2-18H2,1H3;6H,3-5,7H2,1-2H3. The molecule has 1 aliphatic rings. The van der Waals surface area contributed by atoms with E-state index in [1.807, 2.05) is 6.92 Å². The van der Waals surface area contributed by atoms with Crippen molar-refractivity contribution < 1.29 is 38.3 Å². The molecule has 1 saturated heterocycles. The van der Waals surface area contributed by atoms with Crippen molar-refractivity contribution in [1.82, 2.24) is 5.32 Å². The molecule has 0 radical (unpaired) electrons. The Labute approximate surface area is 373 Å². The molecule has 0 amide bonds. The SMILES string of the molecule is CCCCCCCCCCCCCCCCOCC(O)CNC(C)COCCOC.CCCCCCCCCCCCCCCCOCC1CO1.COCCOCC(C)N. The maximum Gasteiger partial charge on any atom is 0.104 e. The van der Waals surface area contributed by atoms with Crippen molar-refractivity contribution in [3.8, 4) is 0 Å². The number of hydrogen-bond acceptors (Lipinski definition) is 10. The second-order valence-electron chi connectivity index (χ2n) is 17.4. The molecule has 4 atom stereocenters. The summed E-state index contributed by atoms with van der Waals surface area (Å²) >= 11 is 0.